The second-order valence-corrected chi connectivity index (χ2v) is 5.73. The van der Waals surface area contributed by atoms with E-state index in [0.717, 1.165) is 32.1 Å². The van der Waals surface area contributed by atoms with Crippen molar-refractivity contribution in [1.29, 1.82) is 0 Å². The lowest BCUT2D eigenvalue weighted by Crippen LogP contribution is -2.54. The standard InChI is InChI=1S/C14H24N2O5/c1-14(8-4-3-5-9-14)16-13(20)15-10(12(18)19)6-7-11(17)21-2/h10H,3-9H2,1-2H3,(H,18,19)(H2,15,16,20)/t10-/m0/s1. The second-order valence-electron chi connectivity index (χ2n) is 5.73. The van der Waals surface area contributed by atoms with Gasteiger partial charge in [0.25, 0.3) is 0 Å². The van der Waals surface area contributed by atoms with Crippen molar-refractivity contribution in [2.24, 2.45) is 0 Å². The molecule has 1 atom stereocenters. The summed E-state index contributed by atoms with van der Waals surface area (Å²) >= 11 is 0. The van der Waals surface area contributed by atoms with E-state index in [2.05, 4.69) is 15.4 Å². The van der Waals surface area contributed by atoms with Gasteiger partial charge in [0.05, 0.1) is 7.11 Å². The van der Waals surface area contributed by atoms with Crippen molar-refractivity contribution in [2.75, 3.05) is 7.11 Å². The first-order chi connectivity index (χ1) is 9.86. The van der Waals surface area contributed by atoms with Crippen LogP contribution in [0.3, 0.4) is 0 Å². The highest BCUT2D eigenvalue weighted by Crippen LogP contribution is 2.27. The van der Waals surface area contributed by atoms with E-state index in [0.29, 0.717) is 0 Å². The van der Waals surface area contributed by atoms with Crippen LogP contribution >= 0.6 is 0 Å². The Morgan fingerprint density at radius 1 is 1.24 bits per heavy atom. The predicted octanol–water partition coefficient (Wildman–Crippen LogP) is 1.41. The highest BCUT2D eigenvalue weighted by Gasteiger charge is 2.30. The number of carbonyl (C=O) groups excluding carboxylic acids is 2. The molecule has 0 bridgehead atoms. The summed E-state index contributed by atoms with van der Waals surface area (Å²) in [6.07, 6.45) is 5.01. The van der Waals surface area contributed by atoms with Crippen LogP contribution in [-0.2, 0) is 14.3 Å². The molecule has 0 radical (unpaired) electrons. The Kier molecular flexibility index (Phi) is 6.45. The first kappa shape index (κ1) is 17.3. The fraction of sp³-hybridized carbons (Fsp3) is 0.786. The summed E-state index contributed by atoms with van der Waals surface area (Å²) in [7, 11) is 1.24. The Balaban J connectivity index is 2.48. The number of esters is 1. The van der Waals surface area contributed by atoms with Crippen LogP contribution in [0.25, 0.3) is 0 Å². The molecule has 0 aromatic carbocycles. The number of carboxylic acids is 1. The molecule has 0 saturated heterocycles. The SMILES string of the molecule is COC(=O)CC[C@H](NC(=O)NC1(C)CCCCC1)C(=O)O. The van der Waals surface area contributed by atoms with E-state index in [4.69, 9.17) is 5.11 Å². The molecule has 0 aromatic rings. The number of hydrogen-bond acceptors (Lipinski definition) is 4. The summed E-state index contributed by atoms with van der Waals surface area (Å²) in [5.41, 5.74) is -0.284. The van der Waals surface area contributed by atoms with E-state index in [1.807, 2.05) is 6.92 Å². The fourth-order valence-electron chi connectivity index (χ4n) is 2.55. The molecule has 1 rings (SSSR count). The van der Waals surface area contributed by atoms with Crippen LogP contribution in [0.5, 0.6) is 0 Å². The lowest BCUT2D eigenvalue weighted by Gasteiger charge is -2.34. The van der Waals surface area contributed by atoms with Gasteiger partial charge in [-0.05, 0) is 26.2 Å². The topological polar surface area (TPSA) is 105 Å². The van der Waals surface area contributed by atoms with Crippen LogP contribution in [-0.4, -0.2) is 41.8 Å². The summed E-state index contributed by atoms with van der Waals surface area (Å²) in [6.45, 7) is 1.97. The highest BCUT2D eigenvalue weighted by molar-refractivity contribution is 5.83. The normalized spacial score (nSPS) is 18.4. The van der Waals surface area contributed by atoms with E-state index >= 15 is 0 Å². The van der Waals surface area contributed by atoms with Gasteiger partial charge < -0.3 is 20.5 Å². The molecule has 0 aliphatic heterocycles. The third kappa shape index (κ3) is 6.01. The molecule has 7 nitrogen and oxygen atoms in total. The maximum absolute atomic E-state index is 11.9. The summed E-state index contributed by atoms with van der Waals surface area (Å²) in [5, 5.41) is 14.3. The molecule has 0 aromatic heterocycles. The van der Waals surface area contributed by atoms with Crippen LogP contribution in [0, 0.1) is 0 Å². The molecule has 0 spiro atoms. The van der Waals surface area contributed by atoms with E-state index in [1.165, 1.54) is 7.11 Å². The van der Waals surface area contributed by atoms with Gasteiger partial charge in [0.1, 0.15) is 6.04 Å². The maximum atomic E-state index is 11.9. The summed E-state index contributed by atoms with van der Waals surface area (Å²) in [4.78, 5) is 34.1. The zero-order valence-electron chi connectivity index (χ0n) is 12.6. The molecule has 3 N–H and O–H groups in total. The maximum Gasteiger partial charge on any atom is 0.326 e. The van der Waals surface area contributed by atoms with Gasteiger partial charge in [-0.2, -0.15) is 0 Å². The lowest BCUT2D eigenvalue weighted by molar-refractivity contribution is -0.142. The third-order valence-electron chi connectivity index (χ3n) is 3.84. The first-order valence-corrected chi connectivity index (χ1v) is 7.24. The van der Waals surface area contributed by atoms with Crippen molar-refractivity contribution in [2.45, 2.75) is 63.5 Å². The predicted molar refractivity (Wildman–Crippen MR) is 75.8 cm³/mol. The quantitative estimate of drug-likeness (QED) is 0.643. The smallest absolute Gasteiger partial charge is 0.326 e. The van der Waals surface area contributed by atoms with Gasteiger partial charge in [0.2, 0.25) is 0 Å². The zero-order chi connectivity index (χ0) is 15.9. The molecule has 1 aliphatic carbocycles. The lowest BCUT2D eigenvalue weighted by atomic mass is 9.83. The monoisotopic (exact) mass is 300 g/mol. The number of ether oxygens (including phenoxy) is 1. The number of amides is 2. The van der Waals surface area contributed by atoms with Crippen molar-refractivity contribution < 1.29 is 24.2 Å². The van der Waals surface area contributed by atoms with Crippen LogP contribution in [0.4, 0.5) is 4.79 Å². The number of nitrogens with one attached hydrogen (secondary N) is 2. The second kappa shape index (κ2) is 7.85. The van der Waals surface area contributed by atoms with E-state index in [-0.39, 0.29) is 18.4 Å². The Morgan fingerprint density at radius 3 is 2.38 bits per heavy atom. The van der Waals surface area contributed by atoms with Gasteiger partial charge in [-0.25, -0.2) is 9.59 Å². The first-order valence-electron chi connectivity index (χ1n) is 7.24. The number of hydrogen-bond donors (Lipinski definition) is 3. The Morgan fingerprint density at radius 2 is 1.86 bits per heavy atom. The highest BCUT2D eigenvalue weighted by atomic mass is 16.5. The molecule has 1 aliphatic rings. The fourth-order valence-corrected chi connectivity index (χ4v) is 2.55. The van der Waals surface area contributed by atoms with Crippen molar-refractivity contribution in [3.63, 3.8) is 0 Å². The van der Waals surface area contributed by atoms with Gasteiger partial charge >= 0.3 is 18.0 Å². The van der Waals surface area contributed by atoms with E-state index in [1.54, 1.807) is 0 Å². The number of methoxy groups -OCH3 is 1. The zero-order valence-corrected chi connectivity index (χ0v) is 12.6. The van der Waals surface area contributed by atoms with Crippen molar-refractivity contribution in [3.8, 4) is 0 Å². The molecular weight excluding hydrogens is 276 g/mol. The number of carboxylic acid groups (broad SMARTS) is 1. The van der Waals surface area contributed by atoms with Crippen LogP contribution in [0.2, 0.25) is 0 Å². The number of carbonyl (C=O) groups is 3. The average molecular weight is 300 g/mol. The molecule has 1 saturated carbocycles. The van der Waals surface area contributed by atoms with Gasteiger partial charge in [0, 0.05) is 12.0 Å². The summed E-state index contributed by atoms with van der Waals surface area (Å²) < 4.78 is 4.46. The average Bonchev–Trinajstić information content (AvgIpc) is 2.42. The van der Waals surface area contributed by atoms with Crippen molar-refractivity contribution >= 4 is 18.0 Å². The minimum atomic E-state index is -1.16. The van der Waals surface area contributed by atoms with E-state index < -0.39 is 24.0 Å². The molecule has 0 heterocycles. The third-order valence-corrected chi connectivity index (χ3v) is 3.84. The van der Waals surface area contributed by atoms with Gasteiger partial charge in [0.15, 0.2) is 0 Å². The van der Waals surface area contributed by atoms with Crippen LogP contribution in [0.15, 0.2) is 0 Å². The Bertz CT molecular complexity index is 391. The molecule has 7 heteroatoms. The van der Waals surface area contributed by atoms with Crippen molar-refractivity contribution in [3.05, 3.63) is 0 Å². The van der Waals surface area contributed by atoms with Crippen molar-refractivity contribution in [1.82, 2.24) is 10.6 Å². The molecular formula is C14H24N2O5. The molecule has 120 valence electrons. The minimum absolute atomic E-state index is 0.00609. The number of urea groups is 1. The molecule has 0 unspecified atom stereocenters. The number of aliphatic carboxylic acids is 1. The molecule has 21 heavy (non-hydrogen) atoms. The minimum Gasteiger partial charge on any atom is -0.480 e. The summed E-state index contributed by atoms with van der Waals surface area (Å²) in [6, 6.07) is -1.60. The van der Waals surface area contributed by atoms with Gasteiger partial charge in [-0.1, -0.05) is 19.3 Å². The molecule has 1 fully saturated rings. The Labute approximate surface area is 124 Å². The number of rotatable bonds is 6. The molecule has 2 amide bonds. The van der Waals surface area contributed by atoms with Gasteiger partial charge in [-0.15, -0.1) is 0 Å². The summed E-state index contributed by atoms with van der Waals surface area (Å²) in [5.74, 6) is -1.66. The van der Waals surface area contributed by atoms with Gasteiger partial charge in [-0.3, -0.25) is 4.79 Å². The van der Waals surface area contributed by atoms with E-state index in [9.17, 15) is 14.4 Å². The van der Waals surface area contributed by atoms with Crippen LogP contribution in [0.1, 0.15) is 51.9 Å². The Hall–Kier alpha value is -1.79. The largest absolute Gasteiger partial charge is 0.480 e. The van der Waals surface area contributed by atoms with Crippen LogP contribution < -0.4 is 10.6 Å².